The molecule has 28 heavy (non-hydrogen) atoms. The molecule has 0 aliphatic heterocycles. The number of methoxy groups -OCH3 is 2. The zero-order valence-corrected chi connectivity index (χ0v) is 20.0. The number of rotatable bonds is 18. The standard InChI is InChI=1S/C23H50N3O2/c1-7-11-15-24(16-12-8-2)23(25(17-13-9-3)18-14-10-4)26(19-21-27-5)20-22-28-6/h7-22H2,1-6H3/q+1. The maximum Gasteiger partial charge on any atom is 0.350 e. The monoisotopic (exact) mass is 400 g/mol. The Kier molecular flexibility index (Phi) is 18.9. The van der Waals surface area contributed by atoms with Gasteiger partial charge in [-0.3, -0.25) is 14.4 Å². The van der Waals surface area contributed by atoms with Crippen molar-refractivity contribution in [1.29, 1.82) is 0 Å². The summed E-state index contributed by atoms with van der Waals surface area (Å²) >= 11 is 0. The topological polar surface area (TPSA) is 28.0 Å². The van der Waals surface area contributed by atoms with Crippen LogP contribution in [0.15, 0.2) is 0 Å². The van der Waals surface area contributed by atoms with Crippen LogP contribution in [0.5, 0.6) is 0 Å². The molecule has 0 aliphatic rings. The van der Waals surface area contributed by atoms with Gasteiger partial charge in [-0.25, -0.2) is 0 Å². The van der Waals surface area contributed by atoms with Gasteiger partial charge in [0, 0.05) is 14.2 Å². The van der Waals surface area contributed by atoms with Crippen LogP contribution in [0.3, 0.4) is 0 Å². The van der Waals surface area contributed by atoms with E-state index in [0.717, 1.165) is 52.5 Å². The maximum absolute atomic E-state index is 5.45. The second-order valence-electron chi connectivity index (χ2n) is 7.66. The molecule has 0 amide bonds. The highest BCUT2D eigenvalue weighted by Crippen LogP contribution is 2.08. The smallest absolute Gasteiger partial charge is 0.350 e. The summed E-state index contributed by atoms with van der Waals surface area (Å²) < 4.78 is 13.6. The largest absolute Gasteiger partial charge is 0.381 e. The molecule has 5 heteroatoms. The minimum absolute atomic E-state index is 0.748. The van der Waals surface area contributed by atoms with Gasteiger partial charge in [0.05, 0.1) is 52.5 Å². The van der Waals surface area contributed by atoms with Gasteiger partial charge in [0.2, 0.25) is 0 Å². The van der Waals surface area contributed by atoms with Gasteiger partial charge >= 0.3 is 5.96 Å². The number of guanidine groups is 1. The minimum atomic E-state index is 0.748. The van der Waals surface area contributed by atoms with Gasteiger partial charge in [0.25, 0.3) is 0 Å². The van der Waals surface area contributed by atoms with Crippen LogP contribution in [0.25, 0.3) is 0 Å². The minimum Gasteiger partial charge on any atom is -0.381 e. The summed E-state index contributed by atoms with van der Waals surface area (Å²) in [5.74, 6) is 1.41. The summed E-state index contributed by atoms with van der Waals surface area (Å²) in [5.41, 5.74) is 0. The quantitative estimate of drug-likeness (QED) is 0.193. The lowest BCUT2D eigenvalue weighted by Crippen LogP contribution is -2.52. The van der Waals surface area contributed by atoms with E-state index in [-0.39, 0.29) is 0 Å². The molecule has 0 atom stereocenters. The van der Waals surface area contributed by atoms with Crippen LogP contribution in [-0.2, 0) is 9.47 Å². The third kappa shape index (κ3) is 11.9. The lowest BCUT2D eigenvalue weighted by molar-refractivity contribution is -0.539. The van der Waals surface area contributed by atoms with Crippen molar-refractivity contribution < 1.29 is 14.0 Å². The van der Waals surface area contributed by atoms with Crippen molar-refractivity contribution in [2.24, 2.45) is 0 Å². The van der Waals surface area contributed by atoms with Crippen LogP contribution in [0, 0.1) is 0 Å². The Labute approximate surface area is 176 Å². The predicted octanol–water partition coefficient (Wildman–Crippen LogP) is 4.45. The highest BCUT2D eigenvalue weighted by molar-refractivity contribution is 5.75. The fraction of sp³-hybridized carbons (Fsp3) is 0.957. The van der Waals surface area contributed by atoms with E-state index in [1.54, 1.807) is 14.2 Å². The van der Waals surface area contributed by atoms with E-state index in [9.17, 15) is 0 Å². The van der Waals surface area contributed by atoms with Crippen LogP contribution >= 0.6 is 0 Å². The lowest BCUT2D eigenvalue weighted by Gasteiger charge is -2.31. The molecule has 0 fully saturated rings. The Balaban J connectivity index is 5.97. The zero-order valence-electron chi connectivity index (χ0n) is 20.0. The molecule has 5 nitrogen and oxygen atoms in total. The Morgan fingerprint density at radius 3 is 1.36 bits per heavy atom. The fourth-order valence-corrected chi connectivity index (χ4v) is 3.33. The third-order valence-electron chi connectivity index (χ3n) is 5.11. The van der Waals surface area contributed by atoms with Crippen LogP contribution in [-0.4, -0.2) is 87.0 Å². The second-order valence-corrected chi connectivity index (χ2v) is 7.66. The van der Waals surface area contributed by atoms with Crippen molar-refractivity contribution in [3.05, 3.63) is 0 Å². The summed E-state index contributed by atoms with van der Waals surface area (Å²) in [4.78, 5) is 5.17. The molecule has 0 aromatic rings. The molecular formula is C23H50N3O2+. The van der Waals surface area contributed by atoms with E-state index in [2.05, 4.69) is 42.1 Å². The zero-order chi connectivity index (χ0) is 21.0. The normalized spacial score (nSPS) is 10.9. The molecule has 0 aliphatic carbocycles. The molecule has 0 heterocycles. The van der Waals surface area contributed by atoms with E-state index in [1.807, 2.05) is 0 Å². The molecule has 0 radical (unpaired) electrons. The molecule has 0 aromatic carbocycles. The van der Waals surface area contributed by atoms with Crippen LogP contribution in [0.4, 0.5) is 0 Å². The van der Waals surface area contributed by atoms with E-state index >= 15 is 0 Å². The molecule has 0 unspecified atom stereocenters. The van der Waals surface area contributed by atoms with Crippen molar-refractivity contribution in [3.63, 3.8) is 0 Å². The predicted molar refractivity (Wildman–Crippen MR) is 122 cm³/mol. The highest BCUT2D eigenvalue weighted by atomic mass is 16.5. The molecule has 0 saturated heterocycles. The van der Waals surface area contributed by atoms with Gasteiger partial charge in [-0.1, -0.05) is 53.4 Å². The van der Waals surface area contributed by atoms with Crippen molar-refractivity contribution in [3.8, 4) is 0 Å². The van der Waals surface area contributed by atoms with Gasteiger partial charge in [-0.05, 0) is 25.7 Å². The van der Waals surface area contributed by atoms with E-state index < -0.39 is 0 Å². The molecule has 0 aromatic heterocycles. The molecule has 0 saturated carbocycles. The Bertz CT molecular complexity index is 327. The second kappa shape index (κ2) is 19.5. The van der Waals surface area contributed by atoms with Crippen molar-refractivity contribution in [2.45, 2.75) is 79.1 Å². The van der Waals surface area contributed by atoms with Crippen molar-refractivity contribution in [1.82, 2.24) is 9.80 Å². The van der Waals surface area contributed by atoms with Crippen molar-refractivity contribution in [2.75, 3.05) is 66.7 Å². The molecule has 168 valence electrons. The number of hydrogen-bond donors (Lipinski definition) is 0. The van der Waals surface area contributed by atoms with Crippen LogP contribution in [0.1, 0.15) is 79.1 Å². The van der Waals surface area contributed by atoms with Gasteiger partial charge in [0.15, 0.2) is 0 Å². The van der Waals surface area contributed by atoms with E-state index in [0.29, 0.717) is 0 Å². The third-order valence-corrected chi connectivity index (χ3v) is 5.11. The number of unbranched alkanes of at least 4 members (excludes halogenated alkanes) is 4. The van der Waals surface area contributed by atoms with E-state index in [1.165, 1.54) is 57.3 Å². The Hall–Kier alpha value is -0.810. The summed E-state index contributed by atoms with van der Waals surface area (Å²) in [5, 5.41) is 0. The van der Waals surface area contributed by atoms with Gasteiger partial charge in [-0.2, -0.15) is 0 Å². The average Bonchev–Trinajstić information content (AvgIpc) is 2.72. The fourth-order valence-electron chi connectivity index (χ4n) is 3.33. The first-order valence-electron chi connectivity index (χ1n) is 11.8. The van der Waals surface area contributed by atoms with Gasteiger partial charge in [-0.15, -0.1) is 0 Å². The lowest BCUT2D eigenvalue weighted by atomic mass is 10.2. The molecule has 0 spiro atoms. The molecular weight excluding hydrogens is 350 g/mol. The number of hydrogen-bond acceptors (Lipinski definition) is 2. The van der Waals surface area contributed by atoms with Crippen LogP contribution < -0.4 is 0 Å². The Morgan fingerprint density at radius 2 is 1.00 bits per heavy atom. The first-order valence-corrected chi connectivity index (χ1v) is 11.8. The molecule has 0 bridgehead atoms. The number of ether oxygens (including phenoxy) is 2. The Morgan fingerprint density at radius 1 is 0.607 bits per heavy atom. The average molecular weight is 401 g/mol. The summed E-state index contributed by atoms with van der Waals surface area (Å²) in [6.07, 6.45) is 9.89. The molecule has 0 rings (SSSR count). The number of nitrogens with zero attached hydrogens (tertiary/aromatic N) is 3. The summed E-state index contributed by atoms with van der Waals surface area (Å²) in [6.45, 7) is 17.0. The summed E-state index contributed by atoms with van der Waals surface area (Å²) in [6, 6.07) is 0. The molecule has 0 N–H and O–H groups in total. The maximum atomic E-state index is 5.45. The highest BCUT2D eigenvalue weighted by Gasteiger charge is 2.28. The first kappa shape index (κ1) is 27.2. The first-order chi connectivity index (χ1) is 13.7. The van der Waals surface area contributed by atoms with E-state index in [4.69, 9.17) is 9.47 Å². The van der Waals surface area contributed by atoms with Crippen LogP contribution in [0.2, 0.25) is 0 Å². The SMILES string of the molecule is CCCCN(CCCC)C(N(CCOC)CCOC)=[N+](CCCC)CCCC. The summed E-state index contributed by atoms with van der Waals surface area (Å²) in [7, 11) is 3.60. The van der Waals surface area contributed by atoms with Crippen molar-refractivity contribution >= 4 is 5.96 Å². The van der Waals surface area contributed by atoms with Gasteiger partial charge < -0.3 is 9.47 Å². The van der Waals surface area contributed by atoms with Gasteiger partial charge in [0.1, 0.15) is 0 Å².